The van der Waals surface area contributed by atoms with E-state index in [0.29, 0.717) is 0 Å². The molecule has 0 aliphatic heterocycles. The van der Waals surface area contributed by atoms with Crippen molar-refractivity contribution in [3.8, 4) is 5.75 Å². The van der Waals surface area contributed by atoms with Crippen LogP contribution in [0.3, 0.4) is 0 Å². The number of benzene rings is 3. The highest BCUT2D eigenvalue weighted by Gasteiger charge is 2.17. The second kappa shape index (κ2) is 11.3. The molecule has 7 nitrogen and oxygen atoms in total. The van der Waals surface area contributed by atoms with Crippen LogP contribution in [0, 0.1) is 5.82 Å². The van der Waals surface area contributed by atoms with E-state index in [-0.39, 0.29) is 32.7 Å². The molecule has 0 heterocycles. The fraction of sp³-hybridized carbons (Fsp3) is 0.0870. The normalized spacial score (nSPS) is 10.3. The molecule has 0 fully saturated rings. The third-order valence-corrected chi connectivity index (χ3v) is 4.99. The number of halogens is 3. The third-order valence-electron chi connectivity index (χ3n) is 4.17. The number of para-hydroxylation sites is 2. The topological polar surface area (TPSA) is 93.7 Å². The molecule has 2 N–H and O–H groups in total. The van der Waals surface area contributed by atoms with Crippen LogP contribution in [0.25, 0.3) is 0 Å². The first-order valence-electron chi connectivity index (χ1n) is 9.52. The van der Waals surface area contributed by atoms with E-state index >= 15 is 0 Å². The van der Waals surface area contributed by atoms with E-state index in [4.69, 9.17) is 32.7 Å². The number of carbonyl (C=O) groups is 3. The Morgan fingerprint density at radius 3 is 2.21 bits per heavy atom. The summed E-state index contributed by atoms with van der Waals surface area (Å²) in [5.74, 6) is -2.62. The van der Waals surface area contributed by atoms with Crippen molar-refractivity contribution in [2.24, 2.45) is 0 Å². The third kappa shape index (κ3) is 6.68. The van der Waals surface area contributed by atoms with Gasteiger partial charge in [0.2, 0.25) is 0 Å². The van der Waals surface area contributed by atoms with Crippen molar-refractivity contribution < 1.29 is 28.2 Å². The van der Waals surface area contributed by atoms with Crippen LogP contribution in [-0.2, 0) is 14.3 Å². The molecule has 0 aliphatic rings. The maximum atomic E-state index is 13.6. The number of amides is 2. The van der Waals surface area contributed by atoms with Gasteiger partial charge in [0.1, 0.15) is 17.1 Å². The largest absolute Gasteiger partial charge is 0.483 e. The van der Waals surface area contributed by atoms with Crippen LogP contribution in [-0.4, -0.2) is 31.0 Å². The van der Waals surface area contributed by atoms with Crippen LogP contribution >= 0.6 is 23.2 Å². The zero-order valence-electron chi connectivity index (χ0n) is 16.9. The van der Waals surface area contributed by atoms with Crippen molar-refractivity contribution in [3.05, 3.63) is 88.2 Å². The van der Waals surface area contributed by atoms with Gasteiger partial charge in [-0.05, 0) is 36.4 Å². The molecule has 0 spiro atoms. The molecule has 0 saturated carbocycles. The number of carbonyl (C=O) groups excluding carboxylic acids is 3. The van der Waals surface area contributed by atoms with Gasteiger partial charge in [0, 0.05) is 0 Å². The van der Waals surface area contributed by atoms with Crippen molar-refractivity contribution in [2.45, 2.75) is 0 Å². The van der Waals surface area contributed by atoms with Crippen LogP contribution in [0.15, 0.2) is 66.7 Å². The minimum atomic E-state index is -0.840. The molecule has 0 aromatic heterocycles. The SMILES string of the molecule is O=C(COc1ccccc1C(=O)OCC(=O)Nc1cccc(Cl)c1Cl)Nc1ccccc1F. The van der Waals surface area contributed by atoms with Crippen LogP contribution in [0.5, 0.6) is 5.75 Å². The van der Waals surface area contributed by atoms with Crippen LogP contribution in [0.1, 0.15) is 10.4 Å². The highest BCUT2D eigenvalue weighted by molar-refractivity contribution is 6.44. The molecule has 0 aliphatic carbocycles. The van der Waals surface area contributed by atoms with E-state index in [0.717, 1.165) is 0 Å². The van der Waals surface area contributed by atoms with Gasteiger partial charge in [-0.25, -0.2) is 9.18 Å². The van der Waals surface area contributed by atoms with Crippen molar-refractivity contribution in [1.82, 2.24) is 0 Å². The Bertz CT molecular complexity index is 1190. The first kappa shape index (κ1) is 24.0. The Hall–Kier alpha value is -3.62. The second-order valence-corrected chi connectivity index (χ2v) is 7.32. The predicted octanol–water partition coefficient (Wildman–Crippen LogP) is 4.95. The zero-order chi connectivity index (χ0) is 23.8. The highest BCUT2D eigenvalue weighted by atomic mass is 35.5. The summed E-state index contributed by atoms with van der Waals surface area (Å²) >= 11 is 11.9. The molecule has 3 aromatic rings. The van der Waals surface area contributed by atoms with E-state index in [1.54, 1.807) is 36.4 Å². The lowest BCUT2D eigenvalue weighted by molar-refractivity contribution is -0.119. The number of hydrogen-bond donors (Lipinski definition) is 2. The number of nitrogens with one attached hydrogen (secondary N) is 2. The summed E-state index contributed by atoms with van der Waals surface area (Å²) in [5.41, 5.74) is 0.282. The summed E-state index contributed by atoms with van der Waals surface area (Å²) in [5, 5.41) is 5.28. The Kier molecular flexibility index (Phi) is 8.23. The molecule has 0 bridgehead atoms. The van der Waals surface area contributed by atoms with Gasteiger partial charge in [-0.1, -0.05) is 53.5 Å². The van der Waals surface area contributed by atoms with E-state index in [1.165, 1.54) is 30.3 Å². The maximum Gasteiger partial charge on any atom is 0.342 e. The van der Waals surface area contributed by atoms with Gasteiger partial charge in [-0.3, -0.25) is 9.59 Å². The average molecular weight is 491 g/mol. The lowest BCUT2D eigenvalue weighted by Crippen LogP contribution is -2.23. The van der Waals surface area contributed by atoms with E-state index < -0.39 is 36.8 Å². The standard InChI is InChI=1S/C23H17Cl2FN2O5/c24-15-7-5-10-18(22(15)25)28-21(30)13-33-23(31)14-6-1-4-11-19(14)32-12-20(29)27-17-9-3-2-8-16(17)26/h1-11H,12-13H2,(H,27,29)(H,28,30). The number of anilines is 2. The maximum absolute atomic E-state index is 13.6. The van der Waals surface area contributed by atoms with Gasteiger partial charge in [0.25, 0.3) is 11.8 Å². The molecular weight excluding hydrogens is 474 g/mol. The Balaban J connectivity index is 1.56. The highest BCUT2D eigenvalue weighted by Crippen LogP contribution is 2.29. The predicted molar refractivity (Wildman–Crippen MR) is 122 cm³/mol. The summed E-state index contributed by atoms with van der Waals surface area (Å²) in [4.78, 5) is 36.6. The first-order valence-corrected chi connectivity index (χ1v) is 10.3. The van der Waals surface area contributed by atoms with Gasteiger partial charge in [-0.15, -0.1) is 0 Å². The van der Waals surface area contributed by atoms with E-state index in [2.05, 4.69) is 10.6 Å². The van der Waals surface area contributed by atoms with Crippen LogP contribution in [0.2, 0.25) is 10.0 Å². The summed E-state index contributed by atoms with van der Waals surface area (Å²) in [6, 6.07) is 16.4. The van der Waals surface area contributed by atoms with Gasteiger partial charge >= 0.3 is 5.97 Å². The zero-order valence-corrected chi connectivity index (χ0v) is 18.5. The fourth-order valence-corrected chi connectivity index (χ4v) is 3.00. The van der Waals surface area contributed by atoms with Crippen molar-refractivity contribution in [3.63, 3.8) is 0 Å². The molecule has 10 heteroatoms. The molecule has 3 aromatic carbocycles. The fourth-order valence-electron chi connectivity index (χ4n) is 2.65. The Morgan fingerprint density at radius 1 is 0.788 bits per heavy atom. The summed E-state index contributed by atoms with van der Waals surface area (Å²) in [6.45, 7) is -1.07. The summed E-state index contributed by atoms with van der Waals surface area (Å²) in [7, 11) is 0. The van der Waals surface area contributed by atoms with Gasteiger partial charge in [0.15, 0.2) is 13.2 Å². The van der Waals surface area contributed by atoms with E-state index in [9.17, 15) is 18.8 Å². The van der Waals surface area contributed by atoms with Crippen molar-refractivity contribution in [2.75, 3.05) is 23.8 Å². The average Bonchev–Trinajstić information content (AvgIpc) is 2.81. The second-order valence-electron chi connectivity index (χ2n) is 6.54. The molecule has 0 atom stereocenters. The Labute approximate surface area is 198 Å². The van der Waals surface area contributed by atoms with E-state index in [1.807, 2.05) is 0 Å². The molecule has 170 valence electrons. The summed E-state index contributed by atoms with van der Waals surface area (Å²) < 4.78 is 24.1. The lowest BCUT2D eigenvalue weighted by Gasteiger charge is -2.12. The van der Waals surface area contributed by atoms with Gasteiger partial charge < -0.3 is 20.1 Å². The molecule has 0 unspecified atom stereocenters. The molecule has 0 saturated heterocycles. The van der Waals surface area contributed by atoms with Gasteiger partial charge in [0.05, 0.1) is 21.4 Å². The van der Waals surface area contributed by atoms with Crippen LogP contribution in [0.4, 0.5) is 15.8 Å². The molecule has 0 radical (unpaired) electrons. The number of esters is 1. The first-order chi connectivity index (χ1) is 15.8. The quantitative estimate of drug-likeness (QED) is 0.436. The Morgan fingerprint density at radius 2 is 1.42 bits per heavy atom. The molecular formula is C23H17Cl2FN2O5. The van der Waals surface area contributed by atoms with Crippen LogP contribution < -0.4 is 15.4 Å². The molecule has 33 heavy (non-hydrogen) atoms. The lowest BCUT2D eigenvalue weighted by atomic mass is 10.2. The van der Waals surface area contributed by atoms with Crippen molar-refractivity contribution >= 4 is 52.4 Å². The smallest absolute Gasteiger partial charge is 0.342 e. The number of ether oxygens (including phenoxy) is 2. The summed E-state index contributed by atoms with van der Waals surface area (Å²) in [6.07, 6.45) is 0. The molecule has 2 amide bonds. The number of hydrogen-bond acceptors (Lipinski definition) is 5. The molecule has 3 rings (SSSR count). The monoisotopic (exact) mass is 490 g/mol. The number of rotatable bonds is 8. The minimum absolute atomic E-state index is 0.00427. The minimum Gasteiger partial charge on any atom is -0.483 e. The van der Waals surface area contributed by atoms with Gasteiger partial charge in [-0.2, -0.15) is 0 Å². The van der Waals surface area contributed by atoms with Crippen molar-refractivity contribution in [1.29, 1.82) is 0 Å².